The van der Waals surface area contributed by atoms with E-state index in [1.807, 2.05) is 0 Å². The van der Waals surface area contributed by atoms with Gasteiger partial charge in [0.05, 0.1) is 6.10 Å². The molecular formula is C10H18FNO. The van der Waals surface area contributed by atoms with Crippen LogP contribution in [0, 0.1) is 0 Å². The molecule has 2 saturated heterocycles. The number of hydrogen-bond donors (Lipinski definition) is 0. The monoisotopic (exact) mass is 187 g/mol. The molecular weight excluding hydrogens is 169 g/mol. The first-order valence-electron chi connectivity index (χ1n) is 5.32. The summed E-state index contributed by atoms with van der Waals surface area (Å²) < 4.78 is 18.1. The molecule has 2 heterocycles. The molecule has 0 aromatic heterocycles. The number of hydrogen-bond acceptors (Lipinski definition) is 2. The second-order valence-corrected chi connectivity index (χ2v) is 4.08. The fourth-order valence-corrected chi connectivity index (χ4v) is 2.36. The topological polar surface area (TPSA) is 12.5 Å². The molecule has 0 aromatic rings. The summed E-state index contributed by atoms with van der Waals surface area (Å²) in [5.74, 6) is 0. The Kier molecular flexibility index (Phi) is 3.17. The molecule has 2 unspecified atom stereocenters. The van der Waals surface area contributed by atoms with Crippen molar-refractivity contribution in [2.24, 2.45) is 0 Å². The number of ether oxygens (including phenoxy) is 1. The average molecular weight is 187 g/mol. The van der Waals surface area contributed by atoms with E-state index in [0.29, 0.717) is 6.10 Å². The highest BCUT2D eigenvalue weighted by Crippen LogP contribution is 2.21. The molecule has 3 heteroatoms. The normalized spacial score (nSPS) is 35.8. The van der Waals surface area contributed by atoms with E-state index in [1.165, 1.54) is 6.42 Å². The summed E-state index contributed by atoms with van der Waals surface area (Å²) in [4.78, 5) is 2.26. The number of rotatable bonds is 3. The van der Waals surface area contributed by atoms with E-state index >= 15 is 0 Å². The molecule has 0 aromatic carbocycles. The third kappa shape index (κ3) is 2.20. The maximum absolute atomic E-state index is 12.5. The summed E-state index contributed by atoms with van der Waals surface area (Å²) in [6, 6.07) is 0.184. The van der Waals surface area contributed by atoms with Crippen LogP contribution in [0.1, 0.15) is 25.7 Å². The van der Waals surface area contributed by atoms with Gasteiger partial charge in [-0.25, -0.2) is 4.39 Å². The number of halogens is 1. The van der Waals surface area contributed by atoms with Crippen molar-refractivity contribution in [3.05, 3.63) is 0 Å². The molecule has 2 atom stereocenters. The minimum atomic E-state index is -0.188. The highest BCUT2D eigenvalue weighted by molar-refractivity contribution is 4.81. The van der Waals surface area contributed by atoms with Crippen LogP contribution >= 0.6 is 0 Å². The standard InChI is InChI=1S/C10H18FNO/c11-7-9-3-1-5-12(9)8-10-4-2-6-13-10/h9-10H,1-8H2. The van der Waals surface area contributed by atoms with Crippen LogP contribution in [0.3, 0.4) is 0 Å². The lowest BCUT2D eigenvalue weighted by Crippen LogP contribution is -2.37. The maximum atomic E-state index is 12.5. The van der Waals surface area contributed by atoms with Crippen LogP contribution in [-0.2, 0) is 4.74 Å². The van der Waals surface area contributed by atoms with E-state index in [9.17, 15) is 4.39 Å². The fraction of sp³-hybridized carbons (Fsp3) is 1.00. The molecule has 2 aliphatic rings. The van der Waals surface area contributed by atoms with Crippen LogP contribution < -0.4 is 0 Å². The lowest BCUT2D eigenvalue weighted by atomic mass is 10.2. The van der Waals surface area contributed by atoms with E-state index in [1.54, 1.807) is 0 Å². The van der Waals surface area contributed by atoms with Crippen LogP contribution in [0.4, 0.5) is 4.39 Å². The zero-order chi connectivity index (χ0) is 9.10. The molecule has 2 aliphatic heterocycles. The summed E-state index contributed by atoms with van der Waals surface area (Å²) in [6.07, 6.45) is 4.91. The number of nitrogens with zero attached hydrogens (tertiary/aromatic N) is 1. The molecule has 76 valence electrons. The lowest BCUT2D eigenvalue weighted by molar-refractivity contribution is 0.0651. The minimum Gasteiger partial charge on any atom is -0.377 e. The third-order valence-electron chi connectivity index (χ3n) is 3.14. The van der Waals surface area contributed by atoms with E-state index in [-0.39, 0.29) is 12.7 Å². The average Bonchev–Trinajstić information content (AvgIpc) is 2.76. The van der Waals surface area contributed by atoms with Crippen LogP contribution in [-0.4, -0.2) is 43.4 Å². The SMILES string of the molecule is FCC1CCCN1CC1CCCO1. The summed E-state index contributed by atoms with van der Waals surface area (Å²) in [5.41, 5.74) is 0. The molecule has 0 spiro atoms. The van der Waals surface area contributed by atoms with Crippen molar-refractivity contribution in [3.63, 3.8) is 0 Å². The van der Waals surface area contributed by atoms with Gasteiger partial charge in [-0.2, -0.15) is 0 Å². The highest BCUT2D eigenvalue weighted by Gasteiger charge is 2.28. The molecule has 2 fully saturated rings. The Morgan fingerprint density at radius 3 is 2.92 bits per heavy atom. The molecule has 0 amide bonds. The fourth-order valence-electron chi connectivity index (χ4n) is 2.36. The predicted octanol–water partition coefficient (Wildman–Crippen LogP) is 1.60. The Hall–Kier alpha value is -0.150. The first-order chi connectivity index (χ1) is 6.40. The highest BCUT2D eigenvalue weighted by atomic mass is 19.1. The largest absolute Gasteiger partial charge is 0.377 e. The predicted molar refractivity (Wildman–Crippen MR) is 49.5 cm³/mol. The van der Waals surface area contributed by atoms with Gasteiger partial charge in [0.2, 0.25) is 0 Å². The lowest BCUT2D eigenvalue weighted by Gasteiger charge is -2.24. The van der Waals surface area contributed by atoms with Gasteiger partial charge in [-0.3, -0.25) is 4.90 Å². The third-order valence-corrected chi connectivity index (χ3v) is 3.14. The molecule has 2 nitrogen and oxygen atoms in total. The Morgan fingerprint density at radius 2 is 2.23 bits per heavy atom. The van der Waals surface area contributed by atoms with Crippen molar-refractivity contribution in [1.82, 2.24) is 4.90 Å². The van der Waals surface area contributed by atoms with E-state index in [2.05, 4.69) is 4.90 Å². The van der Waals surface area contributed by atoms with Gasteiger partial charge in [-0.15, -0.1) is 0 Å². The summed E-state index contributed by atoms with van der Waals surface area (Å²) in [7, 11) is 0. The second-order valence-electron chi connectivity index (χ2n) is 4.08. The van der Waals surface area contributed by atoms with Crippen LogP contribution in [0.25, 0.3) is 0 Å². The molecule has 0 bridgehead atoms. The van der Waals surface area contributed by atoms with Crippen molar-refractivity contribution in [2.75, 3.05) is 26.4 Å². The van der Waals surface area contributed by atoms with Gasteiger partial charge in [0.15, 0.2) is 0 Å². The van der Waals surface area contributed by atoms with Crippen LogP contribution in [0.2, 0.25) is 0 Å². The summed E-state index contributed by atoms with van der Waals surface area (Å²) in [5, 5.41) is 0. The van der Waals surface area contributed by atoms with Crippen molar-refractivity contribution in [3.8, 4) is 0 Å². The Balaban J connectivity index is 1.79. The van der Waals surface area contributed by atoms with Crippen LogP contribution in [0.15, 0.2) is 0 Å². The zero-order valence-corrected chi connectivity index (χ0v) is 8.04. The molecule has 0 radical (unpaired) electrons. The van der Waals surface area contributed by atoms with Crippen molar-refractivity contribution in [1.29, 1.82) is 0 Å². The van der Waals surface area contributed by atoms with Gasteiger partial charge in [0, 0.05) is 19.2 Å². The maximum Gasteiger partial charge on any atom is 0.105 e. The van der Waals surface area contributed by atoms with Crippen molar-refractivity contribution >= 4 is 0 Å². The second kappa shape index (κ2) is 4.38. The minimum absolute atomic E-state index is 0.184. The smallest absolute Gasteiger partial charge is 0.105 e. The van der Waals surface area contributed by atoms with Gasteiger partial charge >= 0.3 is 0 Å². The molecule has 0 aliphatic carbocycles. The number of likely N-dealkylation sites (tertiary alicyclic amines) is 1. The Bertz CT molecular complexity index is 159. The van der Waals surface area contributed by atoms with Gasteiger partial charge in [0.1, 0.15) is 6.67 Å². The van der Waals surface area contributed by atoms with E-state index in [4.69, 9.17) is 4.74 Å². The molecule has 0 N–H and O–H groups in total. The Morgan fingerprint density at radius 1 is 1.31 bits per heavy atom. The van der Waals surface area contributed by atoms with Gasteiger partial charge in [-0.1, -0.05) is 0 Å². The molecule has 2 rings (SSSR count). The van der Waals surface area contributed by atoms with Crippen molar-refractivity contribution < 1.29 is 9.13 Å². The van der Waals surface area contributed by atoms with Crippen molar-refractivity contribution in [2.45, 2.75) is 37.8 Å². The molecule has 13 heavy (non-hydrogen) atoms. The Labute approximate surface area is 79.1 Å². The summed E-state index contributed by atoms with van der Waals surface area (Å²) >= 11 is 0. The zero-order valence-electron chi connectivity index (χ0n) is 8.04. The van der Waals surface area contributed by atoms with Crippen LogP contribution in [0.5, 0.6) is 0 Å². The first-order valence-corrected chi connectivity index (χ1v) is 5.32. The first kappa shape index (κ1) is 9.41. The summed E-state index contributed by atoms with van der Waals surface area (Å²) in [6.45, 7) is 2.73. The van der Waals surface area contributed by atoms with Gasteiger partial charge in [-0.05, 0) is 32.2 Å². The quantitative estimate of drug-likeness (QED) is 0.665. The van der Waals surface area contributed by atoms with Gasteiger partial charge < -0.3 is 4.74 Å². The van der Waals surface area contributed by atoms with E-state index in [0.717, 1.165) is 39.0 Å². The molecule has 0 saturated carbocycles. The number of alkyl halides is 1. The van der Waals surface area contributed by atoms with E-state index < -0.39 is 0 Å². The van der Waals surface area contributed by atoms with Gasteiger partial charge in [0.25, 0.3) is 0 Å².